The molecule has 0 amide bonds. The molecular weight excluding hydrogens is 242 g/mol. The molecule has 2 rings (SSSR count). The van der Waals surface area contributed by atoms with E-state index in [0.717, 1.165) is 12.2 Å². The summed E-state index contributed by atoms with van der Waals surface area (Å²) in [6.45, 7) is 5.57. The first-order valence-corrected chi connectivity index (χ1v) is 6.64. The van der Waals surface area contributed by atoms with Crippen molar-refractivity contribution in [2.75, 3.05) is 27.0 Å². The van der Waals surface area contributed by atoms with Crippen LogP contribution in [0.5, 0.6) is 5.75 Å². The molecule has 1 saturated heterocycles. The highest BCUT2D eigenvalue weighted by Gasteiger charge is 2.42. The summed E-state index contributed by atoms with van der Waals surface area (Å²) in [6, 6.07) is 7.38. The summed E-state index contributed by atoms with van der Waals surface area (Å²) in [5.41, 5.74) is 0.0945. The Bertz CT molecular complexity index is 460. The zero-order valence-corrected chi connectivity index (χ0v) is 11.8. The van der Waals surface area contributed by atoms with E-state index in [-0.39, 0.29) is 5.78 Å². The predicted molar refractivity (Wildman–Crippen MR) is 73.5 cm³/mol. The number of nitrogens with zero attached hydrogens (tertiary/aromatic N) is 1. The minimum Gasteiger partial charge on any atom is -0.494 e. The van der Waals surface area contributed by atoms with Crippen LogP contribution in [0.1, 0.15) is 30.6 Å². The Morgan fingerprint density at radius 3 is 2.95 bits per heavy atom. The van der Waals surface area contributed by atoms with Gasteiger partial charge in [-0.25, -0.2) is 0 Å². The van der Waals surface area contributed by atoms with E-state index >= 15 is 0 Å². The second kappa shape index (κ2) is 5.72. The standard InChI is InChI=1S/C15H21NO3/c1-4-8-19-13-7-5-6-12(9-13)14(17)15(2)10-18-11-16(15)3/h5-7,9H,4,8,10-11H2,1-3H3. The zero-order valence-electron chi connectivity index (χ0n) is 11.8. The van der Waals surface area contributed by atoms with Crippen molar-refractivity contribution >= 4 is 5.78 Å². The van der Waals surface area contributed by atoms with Crippen LogP contribution in [0.2, 0.25) is 0 Å². The number of hydrogen-bond donors (Lipinski definition) is 0. The molecule has 1 aromatic rings. The molecule has 1 atom stereocenters. The van der Waals surface area contributed by atoms with Gasteiger partial charge in [0, 0.05) is 5.56 Å². The van der Waals surface area contributed by atoms with Gasteiger partial charge in [0.25, 0.3) is 0 Å². The number of ether oxygens (including phenoxy) is 2. The largest absolute Gasteiger partial charge is 0.494 e. The van der Waals surface area contributed by atoms with Gasteiger partial charge in [-0.05, 0) is 32.5 Å². The number of benzene rings is 1. The van der Waals surface area contributed by atoms with Crippen LogP contribution in [-0.4, -0.2) is 43.2 Å². The third kappa shape index (κ3) is 2.80. The maximum atomic E-state index is 12.6. The molecule has 0 radical (unpaired) electrons. The summed E-state index contributed by atoms with van der Waals surface area (Å²) >= 11 is 0. The third-order valence-electron chi connectivity index (χ3n) is 3.57. The second-order valence-electron chi connectivity index (χ2n) is 5.15. The minimum absolute atomic E-state index is 0.0782. The fraction of sp³-hybridized carbons (Fsp3) is 0.533. The molecule has 1 aliphatic heterocycles. The molecular formula is C15H21NO3. The number of hydrogen-bond acceptors (Lipinski definition) is 4. The molecule has 1 aromatic carbocycles. The number of rotatable bonds is 5. The number of Topliss-reactive ketones (excluding diaryl/α,β-unsaturated/α-hetero) is 1. The Labute approximate surface area is 114 Å². The van der Waals surface area contributed by atoms with E-state index in [4.69, 9.17) is 9.47 Å². The van der Waals surface area contributed by atoms with Crippen LogP contribution in [0.15, 0.2) is 24.3 Å². The van der Waals surface area contributed by atoms with Crippen LogP contribution in [0, 0.1) is 0 Å². The van der Waals surface area contributed by atoms with Crippen molar-refractivity contribution in [3.05, 3.63) is 29.8 Å². The van der Waals surface area contributed by atoms with E-state index in [1.165, 1.54) is 0 Å². The van der Waals surface area contributed by atoms with Gasteiger partial charge in [-0.1, -0.05) is 19.1 Å². The van der Waals surface area contributed by atoms with Gasteiger partial charge in [0.15, 0.2) is 5.78 Å². The number of ketones is 1. The van der Waals surface area contributed by atoms with E-state index in [1.54, 1.807) is 0 Å². The molecule has 4 heteroatoms. The van der Waals surface area contributed by atoms with E-state index in [0.29, 0.717) is 25.5 Å². The Kier molecular flexibility index (Phi) is 4.22. The van der Waals surface area contributed by atoms with Crippen LogP contribution in [0.25, 0.3) is 0 Å². The normalized spacial score (nSPS) is 23.5. The lowest BCUT2D eigenvalue weighted by molar-refractivity contribution is 0.0773. The SMILES string of the molecule is CCCOc1cccc(C(=O)C2(C)COCN2C)c1. The highest BCUT2D eigenvalue weighted by molar-refractivity contribution is 6.03. The molecule has 0 aromatic heterocycles. The summed E-state index contributed by atoms with van der Waals surface area (Å²) in [5.74, 6) is 0.826. The van der Waals surface area contributed by atoms with Gasteiger partial charge in [0.1, 0.15) is 11.3 Å². The van der Waals surface area contributed by atoms with Gasteiger partial charge in [0.2, 0.25) is 0 Å². The molecule has 19 heavy (non-hydrogen) atoms. The predicted octanol–water partition coefficient (Wildman–Crippen LogP) is 2.34. The first kappa shape index (κ1) is 14.0. The van der Waals surface area contributed by atoms with Gasteiger partial charge < -0.3 is 9.47 Å². The summed E-state index contributed by atoms with van der Waals surface area (Å²) in [6.07, 6.45) is 0.951. The molecule has 0 N–H and O–H groups in total. The molecule has 0 spiro atoms. The molecule has 4 nitrogen and oxygen atoms in total. The van der Waals surface area contributed by atoms with Crippen molar-refractivity contribution in [3.8, 4) is 5.75 Å². The average Bonchev–Trinajstić information content (AvgIpc) is 2.77. The Morgan fingerprint density at radius 1 is 1.53 bits per heavy atom. The topological polar surface area (TPSA) is 38.8 Å². The smallest absolute Gasteiger partial charge is 0.185 e. The van der Waals surface area contributed by atoms with Crippen molar-refractivity contribution in [2.45, 2.75) is 25.8 Å². The Balaban J connectivity index is 2.19. The highest BCUT2D eigenvalue weighted by Crippen LogP contribution is 2.26. The van der Waals surface area contributed by atoms with Crippen molar-refractivity contribution in [1.29, 1.82) is 0 Å². The van der Waals surface area contributed by atoms with Gasteiger partial charge in [-0.2, -0.15) is 0 Å². The first-order valence-electron chi connectivity index (χ1n) is 6.64. The summed E-state index contributed by atoms with van der Waals surface area (Å²) in [4.78, 5) is 14.6. The summed E-state index contributed by atoms with van der Waals surface area (Å²) in [5, 5.41) is 0. The van der Waals surface area contributed by atoms with Crippen LogP contribution >= 0.6 is 0 Å². The lowest BCUT2D eigenvalue weighted by Gasteiger charge is -2.28. The average molecular weight is 263 g/mol. The number of carbonyl (C=O) groups is 1. The quantitative estimate of drug-likeness (QED) is 0.764. The molecule has 0 aliphatic carbocycles. The molecule has 1 fully saturated rings. The Hall–Kier alpha value is -1.39. The molecule has 1 unspecified atom stereocenters. The Morgan fingerprint density at radius 2 is 2.32 bits per heavy atom. The molecule has 1 heterocycles. The van der Waals surface area contributed by atoms with Gasteiger partial charge in [-0.15, -0.1) is 0 Å². The monoisotopic (exact) mass is 263 g/mol. The molecule has 0 saturated carbocycles. The number of carbonyl (C=O) groups excluding carboxylic acids is 1. The lowest BCUT2D eigenvalue weighted by atomic mass is 9.91. The van der Waals surface area contributed by atoms with Crippen LogP contribution in [0.3, 0.4) is 0 Å². The van der Waals surface area contributed by atoms with Gasteiger partial charge in [-0.3, -0.25) is 9.69 Å². The molecule has 104 valence electrons. The number of likely N-dealkylation sites (N-methyl/N-ethyl adjacent to an activating group) is 1. The fourth-order valence-electron chi connectivity index (χ4n) is 2.13. The maximum Gasteiger partial charge on any atom is 0.185 e. The maximum absolute atomic E-state index is 12.6. The van der Waals surface area contributed by atoms with Crippen molar-refractivity contribution in [1.82, 2.24) is 4.90 Å². The highest BCUT2D eigenvalue weighted by atomic mass is 16.5. The summed E-state index contributed by atoms with van der Waals surface area (Å²) in [7, 11) is 1.91. The molecule has 0 bridgehead atoms. The second-order valence-corrected chi connectivity index (χ2v) is 5.15. The van der Waals surface area contributed by atoms with E-state index in [1.807, 2.05) is 43.1 Å². The molecule has 1 aliphatic rings. The van der Waals surface area contributed by atoms with Crippen molar-refractivity contribution in [3.63, 3.8) is 0 Å². The van der Waals surface area contributed by atoms with Crippen molar-refractivity contribution in [2.24, 2.45) is 0 Å². The van der Waals surface area contributed by atoms with E-state index < -0.39 is 5.54 Å². The van der Waals surface area contributed by atoms with Crippen molar-refractivity contribution < 1.29 is 14.3 Å². The van der Waals surface area contributed by atoms with E-state index in [2.05, 4.69) is 6.92 Å². The van der Waals surface area contributed by atoms with E-state index in [9.17, 15) is 4.79 Å². The minimum atomic E-state index is -0.580. The third-order valence-corrected chi connectivity index (χ3v) is 3.57. The zero-order chi connectivity index (χ0) is 13.9. The van der Waals surface area contributed by atoms with Gasteiger partial charge >= 0.3 is 0 Å². The first-order chi connectivity index (χ1) is 9.08. The van der Waals surface area contributed by atoms with Crippen LogP contribution in [-0.2, 0) is 4.74 Å². The fourth-order valence-corrected chi connectivity index (χ4v) is 2.13. The van der Waals surface area contributed by atoms with Crippen LogP contribution < -0.4 is 4.74 Å². The lowest BCUT2D eigenvalue weighted by Crippen LogP contribution is -2.48. The van der Waals surface area contributed by atoms with Gasteiger partial charge in [0.05, 0.1) is 19.9 Å². The van der Waals surface area contributed by atoms with Crippen LogP contribution in [0.4, 0.5) is 0 Å². The summed E-state index contributed by atoms with van der Waals surface area (Å²) < 4.78 is 11.0.